The number of halogens is 1. The molecule has 0 bridgehead atoms. The minimum absolute atomic E-state index is 0.163. The maximum absolute atomic E-state index is 12.8. The number of nitrogens with zero attached hydrogens (tertiary/aromatic N) is 2. The molecule has 8 nitrogen and oxygen atoms in total. The Hall–Kier alpha value is -2.33. The zero-order valence-electron chi connectivity index (χ0n) is 16.1. The van der Waals surface area contributed by atoms with Gasteiger partial charge < -0.3 is 14.8 Å². The standard InChI is InChI=1S/C19H22ClN3O5S/c1-27-17-8-7-15(11-18(17)28-2)21-19(24)13-23-10-9-22(29(23,25)26)12-14-5-3-4-6-16(14)20/h3-8,11H,9-10,12-13H2,1-2H3,(H,21,24). The molecule has 0 unspecified atom stereocenters. The van der Waals surface area contributed by atoms with Crippen molar-refractivity contribution in [3.63, 3.8) is 0 Å². The van der Waals surface area contributed by atoms with E-state index < -0.39 is 16.1 Å². The van der Waals surface area contributed by atoms with Crippen LogP contribution in [0.4, 0.5) is 5.69 Å². The lowest BCUT2D eigenvalue weighted by Crippen LogP contribution is -2.37. The van der Waals surface area contributed by atoms with Crippen LogP contribution in [0.15, 0.2) is 42.5 Å². The van der Waals surface area contributed by atoms with Crippen LogP contribution in [-0.4, -0.2) is 56.8 Å². The van der Waals surface area contributed by atoms with Crippen molar-refractivity contribution in [3.05, 3.63) is 53.1 Å². The van der Waals surface area contributed by atoms with Crippen molar-refractivity contribution in [1.82, 2.24) is 8.61 Å². The third-order valence-electron chi connectivity index (χ3n) is 4.54. The van der Waals surface area contributed by atoms with Crippen LogP contribution in [0, 0.1) is 0 Å². The first kappa shape index (κ1) is 21.4. The molecule has 156 valence electrons. The number of carbonyl (C=O) groups excluding carboxylic acids is 1. The Morgan fingerprint density at radius 1 is 1.07 bits per heavy atom. The molecule has 0 radical (unpaired) electrons. The molecule has 3 rings (SSSR count). The summed E-state index contributed by atoms with van der Waals surface area (Å²) in [6.07, 6.45) is 0. The first-order valence-corrected chi connectivity index (χ1v) is 10.6. The van der Waals surface area contributed by atoms with Crippen LogP contribution < -0.4 is 14.8 Å². The fourth-order valence-corrected chi connectivity index (χ4v) is 4.76. The summed E-state index contributed by atoms with van der Waals surface area (Å²) in [5.74, 6) is 0.549. The summed E-state index contributed by atoms with van der Waals surface area (Å²) < 4.78 is 38.4. The van der Waals surface area contributed by atoms with Crippen LogP contribution in [0.25, 0.3) is 0 Å². The summed E-state index contributed by atoms with van der Waals surface area (Å²) in [5, 5.41) is 3.19. The molecule has 1 amide bonds. The van der Waals surface area contributed by atoms with Crippen molar-refractivity contribution in [1.29, 1.82) is 0 Å². The number of amides is 1. The quantitative estimate of drug-likeness (QED) is 0.715. The summed E-state index contributed by atoms with van der Waals surface area (Å²) in [6.45, 7) is 0.398. The Balaban J connectivity index is 1.64. The summed E-state index contributed by atoms with van der Waals surface area (Å²) in [7, 11) is -0.741. The van der Waals surface area contributed by atoms with Gasteiger partial charge in [0.15, 0.2) is 11.5 Å². The van der Waals surface area contributed by atoms with Gasteiger partial charge in [-0.2, -0.15) is 17.0 Å². The second-order valence-corrected chi connectivity index (χ2v) is 8.72. The Morgan fingerprint density at radius 2 is 1.76 bits per heavy atom. The second-order valence-electron chi connectivity index (χ2n) is 6.38. The van der Waals surface area contributed by atoms with Gasteiger partial charge in [-0.05, 0) is 23.8 Å². The first-order chi connectivity index (χ1) is 13.8. The van der Waals surface area contributed by atoms with Gasteiger partial charge in [-0.25, -0.2) is 0 Å². The zero-order valence-corrected chi connectivity index (χ0v) is 17.7. The Morgan fingerprint density at radius 3 is 2.45 bits per heavy atom. The molecule has 2 aromatic rings. The van der Waals surface area contributed by atoms with E-state index in [1.54, 1.807) is 42.5 Å². The number of benzene rings is 2. The Kier molecular flexibility index (Phi) is 6.63. The Labute approximate surface area is 175 Å². The number of hydrogen-bond donors (Lipinski definition) is 1. The highest BCUT2D eigenvalue weighted by molar-refractivity contribution is 7.87. The highest BCUT2D eigenvalue weighted by Crippen LogP contribution is 2.30. The molecule has 1 N–H and O–H groups in total. The van der Waals surface area contributed by atoms with E-state index in [0.29, 0.717) is 22.2 Å². The molecule has 0 atom stereocenters. The SMILES string of the molecule is COc1ccc(NC(=O)CN2CCN(Cc3ccccc3Cl)S2(=O)=O)cc1OC. The molecule has 2 aromatic carbocycles. The number of methoxy groups -OCH3 is 2. The van der Waals surface area contributed by atoms with E-state index in [9.17, 15) is 13.2 Å². The number of carbonyl (C=O) groups is 1. The monoisotopic (exact) mass is 439 g/mol. The highest BCUT2D eigenvalue weighted by Gasteiger charge is 2.37. The molecular weight excluding hydrogens is 418 g/mol. The van der Waals surface area contributed by atoms with Gasteiger partial charge >= 0.3 is 0 Å². The van der Waals surface area contributed by atoms with Gasteiger partial charge in [-0.1, -0.05) is 29.8 Å². The summed E-state index contributed by atoms with van der Waals surface area (Å²) in [6, 6.07) is 12.0. The van der Waals surface area contributed by atoms with Gasteiger partial charge in [0.1, 0.15) is 0 Å². The van der Waals surface area contributed by atoms with Gasteiger partial charge in [0.05, 0.1) is 20.8 Å². The van der Waals surface area contributed by atoms with Crippen molar-refractivity contribution in [3.8, 4) is 11.5 Å². The molecule has 1 fully saturated rings. The van der Waals surface area contributed by atoms with Gasteiger partial charge in [0.25, 0.3) is 10.2 Å². The fraction of sp³-hybridized carbons (Fsp3) is 0.316. The molecule has 0 spiro atoms. The van der Waals surface area contributed by atoms with Crippen LogP contribution in [0.1, 0.15) is 5.56 Å². The van der Waals surface area contributed by atoms with Crippen molar-refractivity contribution in [2.45, 2.75) is 6.54 Å². The summed E-state index contributed by atoms with van der Waals surface area (Å²) >= 11 is 6.13. The van der Waals surface area contributed by atoms with E-state index >= 15 is 0 Å². The maximum atomic E-state index is 12.8. The molecule has 0 aliphatic carbocycles. The molecule has 1 heterocycles. The van der Waals surface area contributed by atoms with Crippen LogP contribution in [-0.2, 0) is 21.5 Å². The number of anilines is 1. The van der Waals surface area contributed by atoms with E-state index in [4.69, 9.17) is 21.1 Å². The zero-order chi connectivity index (χ0) is 21.0. The largest absolute Gasteiger partial charge is 0.493 e. The minimum atomic E-state index is -3.75. The first-order valence-electron chi connectivity index (χ1n) is 8.85. The van der Waals surface area contributed by atoms with Gasteiger partial charge in [-0.15, -0.1) is 0 Å². The van der Waals surface area contributed by atoms with E-state index in [0.717, 1.165) is 9.87 Å². The van der Waals surface area contributed by atoms with E-state index in [2.05, 4.69) is 5.32 Å². The summed E-state index contributed by atoms with van der Waals surface area (Å²) in [5.41, 5.74) is 1.20. The van der Waals surface area contributed by atoms with Crippen LogP contribution in [0.5, 0.6) is 11.5 Å². The molecular formula is C19H22ClN3O5S. The number of ether oxygens (including phenoxy) is 2. The normalized spacial score (nSPS) is 16.5. The van der Waals surface area contributed by atoms with E-state index in [1.165, 1.54) is 18.5 Å². The average molecular weight is 440 g/mol. The molecule has 0 aromatic heterocycles. The van der Waals surface area contributed by atoms with Gasteiger partial charge in [0, 0.05) is 36.4 Å². The maximum Gasteiger partial charge on any atom is 0.282 e. The molecule has 10 heteroatoms. The molecule has 29 heavy (non-hydrogen) atoms. The van der Waals surface area contributed by atoms with Crippen molar-refractivity contribution < 1.29 is 22.7 Å². The third-order valence-corrected chi connectivity index (χ3v) is 6.84. The average Bonchev–Trinajstić information content (AvgIpc) is 2.97. The van der Waals surface area contributed by atoms with Crippen LogP contribution >= 0.6 is 11.6 Å². The molecule has 0 saturated carbocycles. The van der Waals surface area contributed by atoms with Crippen LogP contribution in [0.2, 0.25) is 5.02 Å². The third kappa shape index (κ3) is 4.81. The number of hydrogen-bond acceptors (Lipinski definition) is 5. The molecule has 1 aliphatic rings. The lowest BCUT2D eigenvalue weighted by Gasteiger charge is -2.19. The van der Waals surface area contributed by atoms with Crippen molar-refractivity contribution in [2.75, 3.05) is 39.2 Å². The molecule has 1 aliphatic heterocycles. The minimum Gasteiger partial charge on any atom is -0.493 e. The number of nitrogens with one attached hydrogen (secondary N) is 1. The van der Waals surface area contributed by atoms with Crippen LogP contribution in [0.3, 0.4) is 0 Å². The highest BCUT2D eigenvalue weighted by atomic mass is 35.5. The van der Waals surface area contributed by atoms with Gasteiger partial charge in [-0.3, -0.25) is 4.79 Å². The summed E-state index contributed by atoms with van der Waals surface area (Å²) in [4.78, 5) is 12.4. The Bertz CT molecular complexity index is 999. The lowest BCUT2D eigenvalue weighted by atomic mass is 10.2. The molecule has 1 saturated heterocycles. The van der Waals surface area contributed by atoms with E-state index in [1.807, 2.05) is 0 Å². The van der Waals surface area contributed by atoms with Crippen molar-refractivity contribution in [2.24, 2.45) is 0 Å². The fourth-order valence-electron chi connectivity index (χ4n) is 3.03. The lowest BCUT2D eigenvalue weighted by molar-refractivity contribution is -0.116. The number of rotatable bonds is 7. The predicted octanol–water partition coefficient (Wildman–Crippen LogP) is 2.36. The topological polar surface area (TPSA) is 88.2 Å². The smallest absolute Gasteiger partial charge is 0.282 e. The van der Waals surface area contributed by atoms with E-state index in [-0.39, 0.29) is 26.2 Å². The predicted molar refractivity (Wildman–Crippen MR) is 111 cm³/mol. The second kappa shape index (κ2) is 9.00. The van der Waals surface area contributed by atoms with Gasteiger partial charge in [0.2, 0.25) is 5.91 Å². The van der Waals surface area contributed by atoms with Crippen molar-refractivity contribution >= 4 is 33.4 Å².